The van der Waals surface area contributed by atoms with Gasteiger partial charge in [0.1, 0.15) is 17.3 Å². The second-order valence-corrected chi connectivity index (χ2v) is 5.50. The van der Waals surface area contributed by atoms with Crippen LogP contribution >= 0.6 is 11.6 Å². The zero-order valence-corrected chi connectivity index (χ0v) is 13.3. The van der Waals surface area contributed by atoms with E-state index in [4.69, 9.17) is 16.3 Å². The minimum absolute atomic E-state index is 0.214. The molecule has 2 aromatic carbocycles. The molecule has 1 amide bonds. The number of benzene rings is 2. The molecule has 0 saturated carbocycles. The van der Waals surface area contributed by atoms with Crippen LogP contribution in [-0.2, 0) is 11.2 Å². The van der Waals surface area contributed by atoms with Crippen LogP contribution in [-0.4, -0.2) is 18.9 Å². The lowest BCUT2D eigenvalue weighted by atomic mass is 10.1. The van der Waals surface area contributed by atoms with E-state index in [9.17, 15) is 4.79 Å². The predicted octanol–water partition coefficient (Wildman–Crippen LogP) is 3.46. The molecule has 0 bridgehead atoms. The third kappa shape index (κ3) is 3.60. The van der Waals surface area contributed by atoms with Crippen molar-refractivity contribution in [2.75, 3.05) is 7.11 Å². The largest absolute Gasteiger partial charge is 0.497 e. The lowest BCUT2D eigenvalue weighted by molar-refractivity contribution is -0.115. The van der Waals surface area contributed by atoms with Gasteiger partial charge < -0.3 is 10.1 Å². The van der Waals surface area contributed by atoms with Crippen LogP contribution in [0.25, 0.3) is 6.08 Å². The fourth-order valence-electron chi connectivity index (χ4n) is 2.28. The Morgan fingerprint density at radius 1 is 1.17 bits per heavy atom. The summed E-state index contributed by atoms with van der Waals surface area (Å²) in [5.41, 5.74) is 2.18. The van der Waals surface area contributed by atoms with Gasteiger partial charge in [-0.2, -0.15) is 0 Å². The van der Waals surface area contributed by atoms with Crippen molar-refractivity contribution in [2.24, 2.45) is 4.99 Å². The van der Waals surface area contributed by atoms with E-state index in [1.165, 1.54) is 0 Å². The van der Waals surface area contributed by atoms with E-state index in [0.717, 1.165) is 16.9 Å². The fraction of sp³-hybridized carbons (Fsp3) is 0.111. The number of carbonyl (C=O) groups excluding carboxylic acids is 1. The lowest BCUT2D eigenvalue weighted by Crippen LogP contribution is -2.25. The van der Waals surface area contributed by atoms with Gasteiger partial charge in [0.15, 0.2) is 0 Å². The topological polar surface area (TPSA) is 50.7 Å². The molecule has 5 heteroatoms. The number of amidine groups is 1. The SMILES string of the molecule is COc1ccc(CC2=N/C(=C\c3ccccc3Cl)C(=O)N2)cc1. The third-order valence-electron chi connectivity index (χ3n) is 3.47. The molecular weight excluding hydrogens is 312 g/mol. The summed E-state index contributed by atoms with van der Waals surface area (Å²) in [4.78, 5) is 16.4. The second kappa shape index (κ2) is 6.67. The molecule has 0 spiro atoms. The summed E-state index contributed by atoms with van der Waals surface area (Å²) in [6.07, 6.45) is 2.24. The van der Waals surface area contributed by atoms with E-state index in [1.807, 2.05) is 42.5 Å². The Hall–Kier alpha value is -2.59. The normalized spacial score (nSPS) is 15.5. The van der Waals surface area contributed by atoms with Gasteiger partial charge in [0, 0.05) is 11.4 Å². The first-order chi connectivity index (χ1) is 11.2. The molecule has 1 aliphatic heterocycles. The maximum Gasteiger partial charge on any atom is 0.275 e. The number of hydrogen-bond donors (Lipinski definition) is 1. The second-order valence-electron chi connectivity index (χ2n) is 5.09. The lowest BCUT2D eigenvalue weighted by Gasteiger charge is -2.03. The molecule has 1 heterocycles. The summed E-state index contributed by atoms with van der Waals surface area (Å²) in [6, 6.07) is 15.0. The third-order valence-corrected chi connectivity index (χ3v) is 3.82. The van der Waals surface area contributed by atoms with Gasteiger partial charge in [0.25, 0.3) is 5.91 Å². The van der Waals surface area contributed by atoms with Crippen LogP contribution in [0.1, 0.15) is 11.1 Å². The number of methoxy groups -OCH3 is 1. The summed E-state index contributed by atoms with van der Waals surface area (Å²) >= 11 is 6.11. The Bertz CT molecular complexity index is 795. The first kappa shape index (κ1) is 15.3. The molecule has 0 aliphatic carbocycles. The van der Waals surface area contributed by atoms with Gasteiger partial charge in [0.05, 0.1) is 7.11 Å². The molecule has 4 nitrogen and oxygen atoms in total. The first-order valence-electron chi connectivity index (χ1n) is 7.14. The van der Waals surface area contributed by atoms with Crippen molar-refractivity contribution < 1.29 is 9.53 Å². The van der Waals surface area contributed by atoms with Crippen LogP contribution in [0.4, 0.5) is 0 Å². The average molecular weight is 327 g/mol. The van der Waals surface area contributed by atoms with Crippen molar-refractivity contribution in [2.45, 2.75) is 6.42 Å². The summed E-state index contributed by atoms with van der Waals surface area (Å²) < 4.78 is 5.13. The molecule has 2 aromatic rings. The zero-order chi connectivity index (χ0) is 16.2. The maximum atomic E-state index is 12.0. The van der Waals surface area contributed by atoms with Gasteiger partial charge in [-0.25, -0.2) is 4.99 Å². The van der Waals surface area contributed by atoms with E-state index in [-0.39, 0.29) is 5.91 Å². The van der Waals surface area contributed by atoms with Crippen LogP contribution < -0.4 is 10.1 Å². The number of rotatable bonds is 4. The summed E-state index contributed by atoms with van der Waals surface area (Å²) in [5.74, 6) is 1.21. The minimum atomic E-state index is -0.214. The standard InChI is InChI=1S/C18H15ClN2O2/c1-23-14-8-6-12(7-9-14)10-17-20-16(18(22)21-17)11-13-4-2-3-5-15(13)19/h2-9,11H,10H2,1H3,(H,20,21,22)/b16-11-. The van der Waals surface area contributed by atoms with Gasteiger partial charge in [0.2, 0.25) is 0 Å². The minimum Gasteiger partial charge on any atom is -0.497 e. The first-order valence-corrected chi connectivity index (χ1v) is 7.51. The van der Waals surface area contributed by atoms with Crippen LogP contribution in [0, 0.1) is 0 Å². The van der Waals surface area contributed by atoms with E-state index in [0.29, 0.717) is 23.0 Å². The van der Waals surface area contributed by atoms with Crippen LogP contribution in [0.2, 0.25) is 5.02 Å². The Morgan fingerprint density at radius 2 is 1.91 bits per heavy atom. The molecule has 0 aromatic heterocycles. The van der Waals surface area contributed by atoms with Crippen LogP contribution in [0.15, 0.2) is 59.2 Å². The molecule has 0 fully saturated rings. The van der Waals surface area contributed by atoms with Crippen molar-refractivity contribution in [3.05, 3.63) is 70.4 Å². The highest BCUT2D eigenvalue weighted by Gasteiger charge is 2.20. The Balaban J connectivity index is 1.79. The van der Waals surface area contributed by atoms with Gasteiger partial charge >= 0.3 is 0 Å². The smallest absolute Gasteiger partial charge is 0.275 e. The number of nitrogens with one attached hydrogen (secondary N) is 1. The van der Waals surface area contributed by atoms with Crippen molar-refractivity contribution in [3.63, 3.8) is 0 Å². The molecule has 0 saturated heterocycles. The Kier molecular flexibility index (Phi) is 4.44. The molecule has 1 aliphatic rings. The Labute approximate surface area is 139 Å². The zero-order valence-electron chi connectivity index (χ0n) is 12.5. The van der Waals surface area contributed by atoms with Gasteiger partial charge in [-0.3, -0.25) is 4.79 Å². The number of carbonyl (C=O) groups is 1. The monoisotopic (exact) mass is 326 g/mol. The van der Waals surface area contributed by atoms with E-state index in [1.54, 1.807) is 19.3 Å². The van der Waals surface area contributed by atoms with E-state index in [2.05, 4.69) is 10.3 Å². The summed E-state index contributed by atoms with van der Waals surface area (Å²) in [6.45, 7) is 0. The summed E-state index contributed by atoms with van der Waals surface area (Å²) in [5, 5.41) is 3.38. The molecule has 23 heavy (non-hydrogen) atoms. The highest BCUT2D eigenvalue weighted by Crippen LogP contribution is 2.20. The average Bonchev–Trinajstić information content (AvgIpc) is 2.90. The highest BCUT2D eigenvalue weighted by molar-refractivity contribution is 6.32. The van der Waals surface area contributed by atoms with Gasteiger partial charge in [-0.1, -0.05) is 41.9 Å². The number of ether oxygens (including phenoxy) is 1. The molecule has 0 atom stereocenters. The number of amides is 1. The maximum absolute atomic E-state index is 12.0. The number of halogens is 1. The fourth-order valence-corrected chi connectivity index (χ4v) is 2.47. The molecule has 116 valence electrons. The summed E-state index contributed by atoms with van der Waals surface area (Å²) in [7, 11) is 1.63. The Morgan fingerprint density at radius 3 is 2.61 bits per heavy atom. The van der Waals surface area contributed by atoms with Crippen LogP contribution in [0.5, 0.6) is 5.75 Å². The quantitative estimate of drug-likeness (QED) is 0.875. The predicted molar refractivity (Wildman–Crippen MR) is 91.7 cm³/mol. The molecule has 3 rings (SSSR count). The van der Waals surface area contributed by atoms with Crippen molar-refractivity contribution >= 4 is 29.4 Å². The molecule has 0 unspecified atom stereocenters. The molecule has 0 radical (unpaired) electrons. The van der Waals surface area contributed by atoms with Crippen LogP contribution in [0.3, 0.4) is 0 Å². The number of nitrogens with zero attached hydrogens (tertiary/aromatic N) is 1. The highest BCUT2D eigenvalue weighted by atomic mass is 35.5. The number of aliphatic imine (C=N–C) groups is 1. The van der Waals surface area contributed by atoms with E-state index < -0.39 is 0 Å². The van der Waals surface area contributed by atoms with Crippen molar-refractivity contribution in [1.82, 2.24) is 5.32 Å². The van der Waals surface area contributed by atoms with Gasteiger partial charge in [-0.05, 0) is 35.4 Å². The van der Waals surface area contributed by atoms with Gasteiger partial charge in [-0.15, -0.1) is 0 Å². The van der Waals surface area contributed by atoms with Crippen molar-refractivity contribution in [3.8, 4) is 5.75 Å². The molecule has 1 N–H and O–H groups in total. The number of hydrogen-bond acceptors (Lipinski definition) is 3. The van der Waals surface area contributed by atoms with Crippen molar-refractivity contribution in [1.29, 1.82) is 0 Å². The van der Waals surface area contributed by atoms with E-state index >= 15 is 0 Å². The molecular formula is C18H15ClN2O2.